The normalized spacial score (nSPS) is 28.3. The van der Waals surface area contributed by atoms with E-state index in [9.17, 15) is 20.1 Å². The van der Waals surface area contributed by atoms with Gasteiger partial charge in [0.1, 0.15) is 11.9 Å². The number of phenolic OH excluding ortho intramolecular Hbond substituents is 2. The Morgan fingerprint density at radius 1 is 1.19 bits per heavy atom. The third kappa shape index (κ3) is 2.19. The molecule has 0 saturated heterocycles. The molecule has 3 N–H and O–H groups in total. The zero-order valence-electron chi connectivity index (χ0n) is 16.2. The summed E-state index contributed by atoms with van der Waals surface area (Å²) in [5.74, 6) is -0.227. The van der Waals surface area contributed by atoms with Crippen LogP contribution in [0.5, 0.6) is 17.2 Å². The second-order valence-electron chi connectivity index (χ2n) is 8.69. The van der Waals surface area contributed by atoms with Gasteiger partial charge in [0.15, 0.2) is 17.3 Å². The summed E-state index contributed by atoms with van der Waals surface area (Å²) in [4.78, 5) is 13.3. The predicted molar refractivity (Wildman–Crippen MR) is 98.3 cm³/mol. The number of ketones is 1. The average molecular weight is 374 g/mol. The monoisotopic (exact) mass is 374 g/mol. The first-order valence-corrected chi connectivity index (χ1v) is 9.40. The van der Waals surface area contributed by atoms with E-state index in [1.165, 1.54) is 7.11 Å². The van der Waals surface area contributed by atoms with Crippen LogP contribution in [0.15, 0.2) is 11.3 Å². The van der Waals surface area contributed by atoms with Gasteiger partial charge in [-0.25, -0.2) is 0 Å². The fourth-order valence-electron chi connectivity index (χ4n) is 5.47. The number of phenols is 2. The topological polar surface area (TPSA) is 96.2 Å². The number of ether oxygens (including phenoxy) is 2. The van der Waals surface area contributed by atoms with Gasteiger partial charge in [-0.2, -0.15) is 0 Å². The highest BCUT2D eigenvalue weighted by atomic mass is 16.5. The quantitative estimate of drug-likeness (QED) is 0.689. The van der Waals surface area contributed by atoms with Gasteiger partial charge in [0.05, 0.1) is 19.3 Å². The molecule has 1 fully saturated rings. The van der Waals surface area contributed by atoms with Crippen molar-refractivity contribution in [2.45, 2.75) is 58.0 Å². The minimum Gasteiger partial charge on any atom is -0.507 e. The number of fused-ring (bicyclic) bond motifs is 4. The Morgan fingerprint density at radius 3 is 2.52 bits per heavy atom. The summed E-state index contributed by atoms with van der Waals surface area (Å²) in [5, 5.41) is 31.5. The van der Waals surface area contributed by atoms with Gasteiger partial charge in [-0.1, -0.05) is 27.2 Å². The zero-order valence-corrected chi connectivity index (χ0v) is 16.2. The second-order valence-corrected chi connectivity index (χ2v) is 8.69. The Balaban J connectivity index is 2.06. The number of aromatic hydroxyl groups is 2. The Kier molecular flexibility index (Phi) is 3.80. The van der Waals surface area contributed by atoms with Crippen molar-refractivity contribution in [2.75, 3.05) is 13.7 Å². The molecule has 0 spiro atoms. The van der Waals surface area contributed by atoms with Gasteiger partial charge in [-0.05, 0) is 23.8 Å². The summed E-state index contributed by atoms with van der Waals surface area (Å²) < 4.78 is 11.2. The van der Waals surface area contributed by atoms with E-state index in [4.69, 9.17) is 9.47 Å². The summed E-state index contributed by atoms with van der Waals surface area (Å²) in [6, 6.07) is 0. The van der Waals surface area contributed by atoms with Crippen molar-refractivity contribution in [2.24, 2.45) is 5.41 Å². The summed E-state index contributed by atoms with van der Waals surface area (Å²) in [5.41, 5.74) is 0.846. The maximum absolute atomic E-state index is 13.3. The average Bonchev–Trinajstić information content (AvgIpc) is 3.05. The van der Waals surface area contributed by atoms with Gasteiger partial charge < -0.3 is 24.8 Å². The number of hydrogen-bond acceptors (Lipinski definition) is 6. The van der Waals surface area contributed by atoms with Crippen LogP contribution < -0.4 is 4.74 Å². The summed E-state index contributed by atoms with van der Waals surface area (Å²) in [6.07, 6.45) is 2.27. The summed E-state index contributed by atoms with van der Waals surface area (Å²) >= 11 is 0. The molecule has 1 saturated carbocycles. The molecule has 2 aliphatic carbocycles. The van der Waals surface area contributed by atoms with E-state index in [-0.39, 0.29) is 47.0 Å². The minimum absolute atomic E-state index is 0.102. The molecule has 0 bridgehead atoms. The van der Waals surface area contributed by atoms with Crippen LogP contribution in [0.4, 0.5) is 0 Å². The molecule has 4 rings (SSSR count). The zero-order chi connectivity index (χ0) is 19.7. The van der Waals surface area contributed by atoms with Crippen molar-refractivity contribution >= 4 is 5.78 Å². The second kappa shape index (κ2) is 5.64. The molecule has 27 heavy (non-hydrogen) atoms. The lowest BCUT2D eigenvalue weighted by Crippen LogP contribution is -2.43. The number of benzene rings is 1. The lowest BCUT2D eigenvalue weighted by atomic mass is 9.54. The molecule has 3 aliphatic rings. The van der Waals surface area contributed by atoms with Gasteiger partial charge in [-0.15, -0.1) is 0 Å². The van der Waals surface area contributed by atoms with E-state index in [2.05, 4.69) is 13.8 Å². The van der Waals surface area contributed by atoms with Crippen molar-refractivity contribution < 1.29 is 29.6 Å². The molecule has 0 amide bonds. The van der Waals surface area contributed by atoms with Gasteiger partial charge in [0, 0.05) is 23.0 Å². The predicted octanol–water partition coefficient (Wildman–Crippen LogP) is 2.96. The number of aliphatic hydroxyl groups excluding tert-OH is 1. The van der Waals surface area contributed by atoms with E-state index in [1.807, 2.05) is 6.92 Å². The number of allylic oxidation sites excluding steroid dienone is 2. The molecule has 1 aliphatic heterocycles. The first-order valence-electron chi connectivity index (χ1n) is 9.40. The largest absolute Gasteiger partial charge is 0.507 e. The van der Waals surface area contributed by atoms with Gasteiger partial charge in [0.2, 0.25) is 5.78 Å². The third-order valence-electron chi connectivity index (χ3n) is 6.54. The molecule has 1 aromatic rings. The van der Waals surface area contributed by atoms with Gasteiger partial charge in [0.25, 0.3) is 0 Å². The number of methoxy groups -OCH3 is 1. The maximum atomic E-state index is 13.3. The van der Waals surface area contributed by atoms with Crippen LogP contribution in [0.1, 0.15) is 61.5 Å². The first-order chi connectivity index (χ1) is 12.7. The Hall–Kier alpha value is -2.21. The molecule has 6 nitrogen and oxygen atoms in total. The molecule has 1 aromatic carbocycles. The van der Waals surface area contributed by atoms with Crippen LogP contribution >= 0.6 is 0 Å². The van der Waals surface area contributed by atoms with Gasteiger partial charge in [-0.3, -0.25) is 4.79 Å². The van der Waals surface area contributed by atoms with Crippen LogP contribution in [0, 0.1) is 5.41 Å². The highest BCUT2D eigenvalue weighted by Gasteiger charge is 2.54. The van der Waals surface area contributed by atoms with Crippen molar-refractivity contribution in [3.05, 3.63) is 28.0 Å². The smallest absolute Gasteiger partial charge is 0.231 e. The van der Waals surface area contributed by atoms with Crippen LogP contribution in [0.25, 0.3) is 0 Å². The van der Waals surface area contributed by atoms with E-state index < -0.39 is 17.3 Å². The van der Waals surface area contributed by atoms with Crippen LogP contribution in [0.2, 0.25) is 0 Å². The number of hydrogen-bond donors (Lipinski definition) is 3. The highest BCUT2D eigenvalue weighted by molar-refractivity contribution is 6.14. The Bertz CT molecular complexity index is 881. The van der Waals surface area contributed by atoms with Gasteiger partial charge >= 0.3 is 0 Å². The van der Waals surface area contributed by atoms with Crippen LogP contribution in [-0.2, 0) is 16.6 Å². The molecule has 2 atom stereocenters. The maximum Gasteiger partial charge on any atom is 0.231 e. The lowest BCUT2D eigenvalue weighted by Gasteiger charge is -2.49. The van der Waals surface area contributed by atoms with E-state index in [1.54, 1.807) is 0 Å². The summed E-state index contributed by atoms with van der Waals surface area (Å²) in [6.45, 7) is 5.93. The van der Waals surface area contributed by atoms with E-state index in [0.29, 0.717) is 11.1 Å². The molecule has 0 radical (unpaired) electrons. The third-order valence-corrected chi connectivity index (χ3v) is 6.54. The molecule has 6 heteroatoms. The Morgan fingerprint density at radius 2 is 1.89 bits per heavy atom. The van der Waals surface area contributed by atoms with Crippen LogP contribution in [0.3, 0.4) is 0 Å². The fourth-order valence-corrected chi connectivity index (χ4v) is 5.47. The SMILES string of the molecule is COC1=C2C(C)(C)CCC[C@]2(C)c2c(O)c3c(c(O)c2C1=O)C[C@H](CO)O3. The molecule has 1 heterocycles. The molecular weight excluding hydrogens is 348 g/mol. The first kappa shape index (κ1) is 18.2. The van der Waals surface area contributed by atoms with Crippen molar-refractivity contribution in [3.63, 3.8) is 0 Å². The molecule has 0 unspecified atom stereocenters. The molecule has 0 aromatic heterocycles. The molecular formula is C21H26O6. The Labute approximate surface area is 158 Å². The van der Waals surface area contributed by atoms with E-state index in [0.717, 1.165) is 24.8 Å². The van der Waals surface area contributed by atoms with E-state index >= 15 is 0 Å². The van der Waals surface area contributed by atoms with Crippen LogP contribution in [-0.4, -0.2) is 40.9 Å². The standard InChI is InChI=1S/C21H26O6/c1-20(2)6-5-7-21(3)13-12(15(24)18(26-4)19(20)21)14(23)11-8-10(9-22)27-17(11)16(13)25/h10,22-23,25H,5-9H2,1-4H3/t10-,21-/m1/s1. The molecule has 146 valence electrons. The number of carbonyl (C=O) groups is 1. The highest BCUT2D eigenvalue weighted by Crippen LogP contribution is 2.62. The fraction of sp³-hybridized carbons (Fsp3) is 0.571. The number of Topliss-reactive ketones (excluding diaryl/α,β-unsaturated/α-hetero) is 1. The van der Waals surface area contributed by atoms with Crippen molar-refractivity contribution in [1.82, 2.24) is 0 Å². The van der Waals surface area contributed by atoms with Crippen molar-refractivity contribution in [1.29, 1.82) is 0 Å². The number of rotatable bonds is 2. The number of aliphatic hydroxyl groups is 1. The lowest BCUT2D eigenvalue weighted by molar-refractivity contribution is 0.0901. The van der Waals surface area contributed by atoms with Crippen molar-refractivity contribution in [3.8, 4) is 17.2 Å². The summed E-state index contributed by atoms with van der Waals surface area (Å²) in [7, 11) is 1.48. The minimum atomic E-state index is -0.645. The number of carbonyl (C=O) groups excluding carboxylic acids is 1.